The lowest BCUT2D eigenvalue weighted by atomic mass is 10.2. The van der Waals surface area contributed by atoms with Crippen LogP contribution in [0.2, 0.25) is 0 Å². The van der Waals surface area contributed by atoms with Crippen LogP contribution < -0.4 is 15.4 Å². The van der Waals surface area contributed by atoms with Crippen LogP contribution in [0.15, 0.2) is 41.8 Å². The molecule has 2 amide bonds. The summed E-state index contributed by atoms with van der Waals surface area (Å²) >= 11 is 1.64. The Balaban J connectivity index is 1.59. The Kier molecular flexibility index (Phi) is 6.27. The zero-order valence-corrected chi connectivity index (χ0v) is 13.8. The van der Waals surface area contributed by atoms with Crippen LogP contribution in [0, 0.1) is 6.92 Å². The second-order valence-corrected chi connectivity index (χ2v) is 6.14. The van der Waals surface area contributed by atoms with Gasteiger partial charge in [0.25, 0.3) is 0 Å². The number of benzene rings is 1. The highest BCUT2D eigenvalue weighted by Gasteiger charge is 2.09. The average molecular weight is 318 g/mol. The minimum absolute atomic E-state index is 0.0311. The molecular formula is C17H22N2O2S. The van der Waals surface area contributed by atoms with Gasteiger partial charge in [-0.25, -0.2) is 4.79 Å². The summed E-state index contributed by atoms with van der Waals surface area (Å²) in [7, 11) is 0. The van der Waals surface area contributed by atoms with Crippen molar-refractivity contribution >= 4 is 17.4 Å². The second kappa shape index (κ2) is 8.44. The number of hydrogen-bond acceptors (Lipinski definition) is 3. The smallest absolute Gasteiger partial charge is 0.315 e. The summed E-state index contributed by atoms with van der Waals surface area (Å²) in [5.74, 6) is 0.871. The molecule has 0 spiro atoms. The SMILES string of the molecule is Cc1cccc(OCCCNC(=O)NC(C)c2cccs2)c1. The largest absolute Gasteiger partial charge is 0.494 e. The van der Waals surface area contributed by atoms with Crippen molar-refractivity contribution in [1.29, 1.82) is 0 Å². The quantitative estimate of drug-likeness (QED) is 0.761. The van der Waals surface area contributed by atoms with Crippen molar-refractivity contribution in [2.75, 3.05) is 13.2 Å². The zero-order valence-electron chi connectivity index (χ0n) is 13.0. The van der Waals surface area contributed by atoms with Gasteiger partial charge in [0.15, 0.2) is 0 Å². The molecule has 0 aliphatic carbocycles. The molecule has 1 atom stereocenters. The second-order valence-electron chi connectivity index (χ2n) is 5.16. The number of nitrogens with one attached hydrogen (secondary N) is 2. The molecule has 1 aromatic carbocycles. The molecular weight excluding hydrogens is 296 g/mol. The lowest BCUT2D eigenvalue weighted by molar-refractivity contribution is 0.236. The van der Waals surface area contributed by atoms with E-state index in [1.165, 1.54) is 5.56 Å². The third-order valence-electron chi connectivity index (χ3n) is 3.18. The van der Waals surface area contributed by atoms with Gasteiger partial charge in [0.2, 0.25) is 0 Å². The number of carbonyl (C=O) groups excluding carboxylic acids is 1. The fourth-order valence-electron chi connectivity index (χ4n) is 2.03. The van der Waals surface area contributed by atoms with Crippen molar-refractivity contribution in [2.45, 2.75) is 26.3 Å². The standard InChI is InChI=1S/C17H22N2O2S/c1-13-6-3-7-15(12-13)21-10-5-9-18-17(20)19-14(2)16-8-4-11-22-16/h3-4,6-8,11-12,14H,5,9-10H2,1-2H3,(H2,18,19,20). The number of rotatable bonds is 7. The fourth-order valence-corrected chi connectivity index (χ4v) is 2.76. The van der Waals surface area contributed by atoms with Crippen molar-refractivity contribution < 1.29 is 9.53 Å². The predicted octanol–water partition coefficient (Wildman–Crippen LogP) is 3.89. The van der Waals surface area contributed by atoms with Crippen molar-refractivity contribution in [1.82, 2.24) is 10.6 Å². The first-order valence-electron chi connectivity index (χ1n) is 7.42. The Morgan fingerprint density at radius 3 is 2.91 bits per heavy atom. The molecule has 1 unspecified atom stereocenters. The van der Waals surface area contributed by atoms with Crippen molar-refractivity contribution in [3.8, 4) is 5.75 Å². The Bertz CT molecular complexity index is 584. The summed E-state index contributed by atoms with van der Waals surface area (Å²) < 4.78 is 5.64. The van der Waals surface area contributed by atoms with Gasteiger partial charge in [-0.05, 0) is 49.4 Å². The molecule has 2 aromatic rings. The minimum atomic E-state index is -0.142. The van der Waals surface area contributed by atoms with E-state index in [2.05, 4.69) is 10.6 Å². The monoisotopic (exact) mass is 318 g/mol. The molecule has 0 fully saturated rings. The van der Waals surface area contributed by atoms with Crippen LogP contribution >= 0.6 is 11.3 Å². The van der Waals surface area contributed by atoms with Gasteiger partial charge in [0.05, 0.1) is 12.6 Å². The maximum Gasteiger partial charge on any atom is 0.315 e. The van der Waals surface area contributed by atoms with Gasteiger partial charge in [-0.1, -0.05) is 18.2 Å². The van der Waals surface area contributed by atoms with E-state index < -0.39 is 0 Å². The molecule has 2 N–H and O–H groups in total. The maximum atomic E-state index is 11.8. The first-order chi connectivity index (χ1) is 10.6. The van der Waals surface area contributed by atoms with E-state index in [9.17, 15) is 4.79 Å². The third kappa shape index (κ3) is 5.41. The van der Waals surface area contributed by atoms with E-state index in [1.807, 2.05) is 55.6 Å². The van der Waals surface area contributed by atoms with Gasteiger partial charge >= 0.3 is 6.03 Å². The van der Waals surface area contributed by atoms with Crippen LogP contribution in [0.25, 0.3) is 0 Å². The van der Waals surface area contributed by atoms with E-state index in [0.717, 1.165) is 17.0 Å². The van der Waals surface area contributed by atoms with Crippen LogP contribution in [0.1, 0.15) is 29.8 Å². The maximum absolute atomic E-state index is 11.8. The summed E-state index contributed by atoms with van der Waals surface area (Å²) in [6.45, 7) is 5.19. The minimum Gasteiger partial charge on any atom is -0.494 e. The summed E-state index contributed by atoms with van der Waals surface area (Å²) in [5, 5.41) is 7.77. The van der Waals surface area contributed by atoms with Crippen LogP contribution in [0.5, 0.6) is 5.75 Å². The van der Waals surface area contributed by atoms with Gasteiger partial charge < -0.3 is 15.4 Å². The molecule has 0 saturated heterocycles. The lowest BCUT2D eigenvalue weighted by Gasteiger charge is -2.13. The highest BCUT2D eigenvalue weighted by molar-refractivity contribution is 7.10. The Hall–Kier alpha value is -2.01. The number of amides is 2. The highest BCUT2D eigenvalue weighted by atomic mass is 32.1. The van der Waals surface area contributed by atoms with E-state index >= 15 is 0 Å². The molecule has 4 nitrogen and oxygen atoms in total. The molecule has 0 saturated carbocycles. The van der Waals surface area contributed by atoms with Crippen LogP contribution in [-0.2, 0) is 0 Å². The predicted molar refractivity (Wildman–Crippen MR) is 90.6 cm³/mol. The highest BCUT2D eigenvalue weighted by Crippen LogP contribution is 2.17. The first kappa shape index (κ1) is 16.4. The molecule has 22 heavy (non-hydrogen) atoms. The molecule has 2 rings (SSSR count). The van der Waals surface area contributed by atoms with Crippen LogP contribution in [0.4, 0.5) is 4.79 Å². The first-order valence-corrected chi connectivity index (χ1v) is 8.30. The van der Waals surface area contributed by atoms with E-state index in [-0.39, 0.29) is 12.1 Å². The van der Waals surface area contributed by atoms with Gasteiger partial charge in [0.1, 0.15) is 5.75 Å². The number of thiophene rings is 1. The summed E-state index contributed by atoms with van der Waals surface area (Å²) in [5.41, 5.74) is 1.18. The number of carbonyl (C=O) groups is 1. The summed E-state index contributed by atoms with van der Waals surface area (Å²) in [4.78, 5) is 12.9. The Morgan fingerprint density at radius 2 is 2.18 bits per heavy atom. The third-order valence-corrected chi connectivity index (χ3v) is 4.24. The average Bonchev–Trinajstić information content (AvgIpc) is 3.01. The molecule has 0 aliphatic rings. The normalized spacial score (nSPS) is 11.7. The van der Waals surface area contributed by atoms with E-state index in [1.54, 1.807) is 11.3 Å². The molecule has 0 radical (unpaired) electrons. The molecule has 118 valence electrons. The number of hydrogen-bond donors (Lipinski definition) is 2. The number of urea groups is 1. The Labute approximate surface area is 135 Å². The Morgan fingerprint density at radius 1 is 1.32 bits per heavy atom. The molecule has 0 aliphatic heterocycles. The van der Waals surface area contributed by atoms with Gasteiger partial charge in [0, 0.05) is 11.4 Å². The van der Waals surface area contributed by atoms with Gasteiger partial charge in [-0.2, -0.15) is 0 Å². The number of ether oxygens (including phenoxy) is 1. The summed E-state index contributed by atoms with van der Waals surface area (Å²) in [6, 6.07) is 11.8. The van der Waals surface area contributed by atoms with E-state index in [4.69, 9.17) is 4.74 Å². The van der Waals surface area contributed by atoms with Gasteiger partial charge in [-0.15, -0.1) is 11.3 Å². The lowest BCUT2D eigenvalue weighted by Crippen LogP contribution is -2.37. The van der Waals surface area contributed by atoms with Gasteiger partial charge in [-0.3, -0.25) is 0 Å². The zero-order chi connectivity index (χ0) is 15.8. The topological polar surface area (TPSA) is 50.4 Å². The molecule has 1 aromatic heterocycles. The molecule has 1 heterocycles. The van der Waals surface area contributed by atoms with Crippen LogP contribution in [-0.4, -0.2) is 19.2 Å². The molecule has 0 bridgehead atoms. The number of aryl methyl sites for hydroxylation is 1. The van der Waals surface area contributed by atoms with Crippen LogP contribution in [0.3, 0.4) is 0 Å². The van der Waals surface area contributed by atoms with Crippen molar-refractivity contribution in [3.05, 3.63) is 52.2 Å². The summed E-state index contributed by atoms with van der Waals surface area (Å²) in [6.07, 6.45) is 0.773. The fraction of sp³-hybridized carbons (Fsp3) is 0.353. The van der Waals surface area contributed by atoms with Crippen molar-refractivity contribution in [3.63, 3.8) is 0 Å². The van der Waals surface area contributed by atoms with E-state index in [0.29, 0.717) is 13.2 Å². The molecule has 5 heteroatoms. The van der Waals surface area contributed by atoms with Crippen molar-refractivity contribution in [2.24, 2.45) is 0 Å².